The van der Waals surface area contributed by atoms with Gasteiger partial charge in [0.1, 0.15) is 17.2 Å². The molecule has 134 valence electrons. The Bertz CT molecular complexity index is 737. The van der Waals surface area contributed by atoms with Crippen LogP contribution in [0.5, 0.6) is 11.5 Å². The van der Waals surface area contributed by atoms with E-state index in [1.165, 1.54) is 7.11 Å². The van der Waals surface area contributed by atoms with E-state index >= 15 is 0 Å². The molecule has 0 unspecified atom stereocenters. The minimum Gasteiger partial charge on any atom is -0.497 e. The number of nitrogens with one attached hydrogen (secondary N) is 2. The Hall–Kier alpha value is -2.87. The number of ether oxygens (including phenoxy) is 3. The van der Waals surface area contributed by atoms with Gasteiger partial charge >= 0.3 is 0 Å². The summed E-state index contributed by atoms with van der Waals surface area (Å²) in [7, 11) is 4.70. The molecule has 0 aliphatic carbocycles. The Kier molecular flexibility index (Phi) is 6.53. The van der Waals surface area contributed by atoms with Crippen molar-refractivity contribution >= 4 is 17.5 Å². The van der Waals surface area contributed by atoms with Crippen LogP contribution >= 0.6 is 0 Å². The highest BCUT2D eigenvalue weighted by atomic mass is 16.5. The summed E-state index contributed by atoms with van der Waals surface area (Å²) >= 11 is 0. The van der Waals surface area contributed by atoms with Gasteiger partial charge in [-0.2, -0.15) is 0 Å². The molecule has 2 aromatic rings. The highest BCUT2D eigenvalue weighted by Crippen LogP contribution is 2.29. The van der Waals surface area contributed by atoms with E-state index in [0.29, 0.717) is 42.0 Å². The lowest BCUT2D eigenvalue weighted by Gasteiger charge is -2.12. The SMILES string of the molecule is COCCNc1nc(C)cc(C(=O)Nc2cc(OC)ccc2OC)n1. The van der Waals surface area contributed by atoms with Gasteiger partial charge < -0.3 is 24.8 Å². The molecule has 0 bridgehead atoms. The van der Waals surface area contributed by atoms with Crippen LogP contribution in [-0.4, -0.2) is 50.4 Å². The number of benzene rings is 1. The largest absolute Gasteiger partial charge is 0.497 e. The van der Waals surface area contributed by atoms with Crippen LogP contribution in [0.4, 0.5) is 11.6 Å². The van der Waals surface area contributed by atoms with Crippen LogP contribution < -0.4 is 20.1 Å². The molecule has 0 atom stereocenters. The van der Waals surface area contributed by atoms with Crippen molar-refractivity contribution in [3.05, 3.63) is 35.7 Å². The third kappa shape index (κ3) is 5.05. The molecule has 1 amide bonds. The Labute approximate surface area is 146 Å². The number of aromatic nitrogens is 2. The Balaban J connectivity index is 2.20. The molecule has 0 saturated carbocycles. The number of aryl methyl sites for hydroxylation is 1. The average molecular weight is 346 g/mol. The van der Waals surface area contributed by atoms with Gasteiger partial charge in [0.05, 0.1) is 26.5 Å². The van der Waals surface area contributed by atoms with Crippen molar-refractivity contribution in [3.8, 4) is 11.5 Å². The molecular weight excluding hydrogens is 324 g/mol. The number of anilines is 2. The molecule has 25 heavy (non-hydrogen) atoms. The minimum atomic E-state index is -0.369. The van der Waals surface area contributed by atoms with Crippen LogP contribution in [0.3, 0.4) is 0 Å². The van der Waals surface area contributed by atoms with E-state index in [2.05, 4.69) is 20.6 Å². The number of nitrogens with zero attached hydrogens (tertiary/aromatic N) is 2. The predicted molar refractivity (Wildman–Crippen MR) is 94.6 cm³/mol. The zero-order valence-electron chi connectivity index (χ0n) is 14.8. The first-order chi connectivity index (χ1) is 12.1. The lowest BCUT2D eigenvalue weighted by molar-refractivity contribution is 0.102. The molecule has 0 saturated heterocycles. The summed E-state index contributed by atoms with van der Waals surface area (Å²) in [4.78, 5) is 21.1. The van der Waals surface area contributed by atoms with Crippen LogP contribution in [-0.2, 0) is 4.74 Å². The lowest BCUT2D eigenvalue weighted by Crippen LogP contribution is -2.17. The molecule has 0 radical (unpaired) electrons. The highest BCUT2D eigenvalue weighted by Gasteiger charge is 2.14. The maximum Gasteiger partial charge on any atom is 0.274 e. The van der Waals surface area contributed by atoms with Gasteiger partial charge in [-0.15, -0.1) is 0 Å². The third-order valence-corrected chi connectivity index (χ3v) is 3.33. The van der Waals surface area contributed by atoms with Crippen molar-refractivity contribution in [2.24, 2.45) is 0 Å². The van der Waals surface area contributed by atoms with Gasteiger partial charge in [0.15, 0.2) is 0 Å². The highest BCUT2D eigenvalue weighted by molar-refractivity contribution is 6.04. The van der Waals surface area contributed by atoms with E-state index in [9.17, 15) is 4.79 Å². The number of methoxy groups -OCH3 is 3. The second-order valence-electron chi connectivity index (χ2n) is 5.16. The number of carbonyl (C=O) groups is 1. The molecular formula is C17H22N4O4. The summed E-state index contributed by atoms with van der Waals surface area (Å²) in [5, 5.41) is 5.80. The van der Waals surface area contributed by atoms with Crippen molar-refractivity contribution in [3.63, 3.8) is 0 Å². The molecule has 2 rings (SSSR count). The van der Waals surface area contributed by atoms with Gasteiger partial charge in [0.25, 0.3) is 5.91 Å². The maximum atomic E-state index is 12.6. The Morgan fingerprint density at radius 3 is 2.60 bits per heavy atom. The number of carbonyl (C=O) groups excluding carboxylic acids is 1. The molecule has 0 aliphatic rings. The monoisotopic (exact) mass is 346 g/mol. The lowest BCUT2D eigenvalue weighted by atomic mass is 10.2. The topological polar surface area (TPSA) is 94.6 Å². The number of amides is 1. The fourth-order valence-electron chi connectivity index (χ4n) is 2.13. The molecule has 1 heterocycles. The summed E-state index contributed by atoms with van der Waals surface area (Å²) in [5.74, 6) is 1.14. The quantitative estimate of drug-likeness (QED) is 0.707. The van der Waals surface area contributed by atoms with Crippen molar-refractivity contribution in [2.45, 2.75) is 6.92 Å². The van der Waals surface area contributed by atoms with E-state index in [1.54, 1.807) is 45.4 Å². The predicted octanol–water partition coefficient (Wildman–Crippen LogP) is 2.11. The maximum absolute atomic E-state index is 12.6. The van der Waals surface area contributed by atoms with E-state index in [0.717, 1.165) is 0 Å². The van der Waals surface area contributed by atoms with Crippen LogP contribution in [0.1, 0.15) is 16.2 Å². The zero-order chi connectivity index (χ0) is 18.2. The Morgan fingerprint density at radius 1 is 1.12 bits per heavy atom. The zero-order valence-corrected chi connectivity index (χ0v) is 14.8. The summed E-state index contributed by atoms with van der Waals surface area (Å²) in [6, 6.07) is 6.77. The molecule has 1 aromatic carbocycles. The van der Waals surface area contributed by atoms with Gasteiger partial charge in [-0.25, -0.2) is 9.97 Å². The van der Waals surface area contributed by atoms with Crippen LogP contribution in [0.2, 0.25) is 0 Å². The first kappa shape index (κ1) is 18.5. The van der Waals surface area contributed by atoms with E-state index < -0.39 is 0 Å². The van der Waals surface area contributed by atoms with Crippen molar-refractivity contribution < 1.29 is 19.0 Å². The summed E-state index contributed by atoms with van der Waals surface area (Å²) in [6.07, 6.45) is 0. The second kappa shape index (κ2) is 8.84. The van der Waals surface area contributed by atoms with E-state index in [4.69, 9.17) is 14.2 Å². The molecule has 8 heteroatoms. The minimum absolute atomic E-state index is 0.247. The van der Waals surface area contributed by atoms with Gasteiger partial charge in [-0.05, 0) is 25.1 Å². The summed E-state index contributed by atoms with van der Waals surface area (Å²) in [5.41, 5.74) is 1.42. The van der Waals surface area contributed by atoms with Crippen molar-refractivity contribution in [1.29, 1.82) is 0 Å². The summed E-state index contributed by atoms with van der Waals surface area (Å²) < 4.78 is 15.4. The Morgan fingerprint density at radius 2 is 1.92 bits per heavy atom. The fraction of sp³-hybridized carbons (Fsp3) is 0.353. The molecule has 2 N–H and O–H groups in total. The van der Waals surface area contributed by atoms with Crippen molar-refractivity contribution in [2.75, 3.05) is 45.1 Å². The molecule has 1 aromatic heterocycles. The average Bonchev–Trinajstić information content (AvgIpc) is 2.61. The van der Waals surface area contributed by atoms with Crippen LogP contribution in [0, 0.1) is 6.92 Å². The first-order valence-electron chi connectivity index (χ1n) is 7.69. The number of hydrogen-bond acceptors (Lipinski definition) is 7. The molecule has 0 fully saturated rings. The standard InChI is InChI=1S/C17H22N4O4/c1-11-9-14(21-17(19-11)18-7-8-23-2)16(22)20-13-10-12(24-3)5-6-15(13)25-4/h5-6,9-10H,7-8H2,1-4H3,(H,20,22)(H,18,19,21). The summed E-state index contributed by atoms with van der Waals surface area (Å²) in [6.45, 7) is 2.86. The van der Waals surface area contributed by atoms with Gasteiger partial charge in [0, 0.05) is 25.4 Å². The van der Waals surface area contributed by atoms with E-state index in [-0.39, 0.29) is 11.6 Å². The fourth-order valence-corrected chi connectivity index (χ4v) is 2.13. The molecule has 0 spiro atoms. The van der Waals surface area contributed by atoms with Gasteiger partial charge in [0.2, 0.25) is 5.95 Å². The van der Waals surface area contributed by atoms with E-state index in [1.807, 2.05) is 0 Å². The van der Waals surface area contributed by atoms with Gasteiger partial charge in [-0.1, -0.05) is 0 Å². The smallest absolute Gasteiger partial charge is 0.274 e. The third-order valence-electron chi connectivity index (χ3n) is 3.33. The van der Waals surface area contributed by atoms with Crippen LogP contribution in [0.25, 0.3) is 0 Å². The number of rotatable bonds is 8. The van der Waals surface area contributed by atoms with Gasteiger partial charge in [-0.3, -0.25) is 4.79 Å². The van der Waals surface area contributed by atoms with Crippen molar-refractivity contribution in [1.82, 2.24) is 9.97 Å². The second-order valence-corrected chi connectivity index (χ2v) is 5.16. The first-order valence-corrected chi connectivity index (χ1v) is 7.69. The van der Waals surface area contributed by atoms with Crippen LogP contribution in [0.15, 0.2) is 24.3 Å². The normalized spacial score (nSPS) is 10.2. The molecule has 0 aliphatic heterocycles. The number of hydrogen-bond donors (Lipinski definition) is 2. The molecule has 8 nitrogen and oxygen atoms in total.